The van der Waals surface area contributed by atoms with Crippen molar-refractivity contribution in [3.63, 3.8) is 0 Å². The molecule has 1 N–H and O–H groups in total. The Hall–Kier alpha value is -1.69. The summed E-state index contributed by atoms with van der Waals surface area (Å²) in [6.07, 6.45) is 4.23. The summed E-state index contributed by atoms with van der Waals surface area (Å²) in [6, 6.07) is 2.16. The Balaban J connectivity index is 2.10. The van der Waals surface area contributed by atoms with Crippen LogP contribution in [0.1, 0.15) is 37.7 Å². The van der Waals surface area contributed by atoms with Gasteiger partial charge in [0, 0.05) is 5.56 Å². The Morgan fingerprint density at radius 2 is 2.05 bits per heavy atom. The first-order valence-corrected chi connectivity index (χ1v) is 6.71. The van der Waals surface area contributed by atoms with Crippen LogP contribution in [0.15, 0.2) is 12.1 Å². The van der Waals surface area contributed by atoms with Gasteiger partial charge in [0.1, 0.15) is 6.61 Å². The molecule has 0 saturated heterocycles. The van der Waals surface area contributed by atoms with Crippen LogP contribution in [0.3, 0.4) is 0 Å². The number of ether oxygens (including phenoxy) is 1. The van der Waals surface area contributed by atoms with E-state index >= 15 is 0 Å². The van der Waals surface area contributed by atoms with Gasteiger partial charge in [-0.05, 0) is 25.8 Å². The lowest BCUT2D eigenvalue weighted by atomic mass is 9.85. The molecule has 1 aliphatic rings. The molecule has 0 amide bonds. The maximum Gasteiger partial charge on any atom is 0.275 e. The molecule has 1 aromatic rings. The minimum Gasteiger partial charge on any atom is -0.487 e. The fourth-order valence-electron chi connectivity index (χ4n) is 2.52. The molecule has 0 heterocycles. The lowest BCUT2D eigenvalue weighted by Gasteiger charge is -2.31. The highest BCUT2D eigenvalue weighted by molar-refractivity contribution is 5.45. The summed E-state index contributed by atoms with van der Waals surface area (Å²) in [6.45, 7) is 1.54. The summed E-state index contributed by atoms with van der Waals surface area (Å²) in [5.74, 6) is -0.825. The molecule has 1 aliphatic carbocycles. The molecular formula is C14H18FNO4. The van der Waals surface area contributed by atoms with E-state index in [-0.39, 0.29) is 18.0 Å². The predicted molar refractivity (Wildman–Crippen MR) is 71.3 cm³/mol. The standard InChI is InChI=1S/C14H18FNO4/c1-10-7-13(11(15)8-12(10)16(18)19)20-9-14(17)5-3-2-4-6-14/h7-8,17H,2-6,9H2,1H3. The maximum absolute atomic E-state index is 13.8. The monoisotopic (exact) mass is 283 g/mol. The Labute approximate surface area is 116 Å². The first-order valence-electron chi connectivity index (χ1n) is 6.71. The molecule has 1 fully saturated rings. The quantitative estimate of drug-likeness (QED) is 0.680. The third-order valence-electron chi connectivity index (χ3n) is 3.73. The summed E-state index contributed by atoms with van der Waals surface area (Å²) in [5.41, 5.74) is -0.853. The van der Waals surface area contributed by atoms with Gasteiger partial charge in [-0.25, -0.2) is 4.39 Å². The third kappa shape index (κ3) is 3.25. The van der Waals surface area contributed by atoms with Crippen molar-refractivity contribution in [1.82, 2.24) is 0 Å². The fraction of sp³-hybridized carbons (Fsp3) is 0.571. The SMILES string of the molecule is Cc1cc(OCC2(O)CCCCC2)c(F)cc1[N+](=O)[O-]. The van der Waals surface area contributed by atoms with Gasteiger partial charge in [-0.3, -0.25) is 10.1 Å². The van der Waals surface area contributed by atoms with E-state index in [9.17, 15) is 19.6 Å². The zero-order chi connectivity index (χ0) is 14.8. The van der Waals surface area contributed by atoms with E-state index in [0.717, 1.165) is 25.3 Å². The zero-order valence-corrected chi connectivity index (χ0v) is 11.4. The molecular weight excluding hydrogens is 265 g/mol. The highest BCUT2D eigenvalue weighted by atomic mass is 19.1. The van der Waals surface area contributed by atoms with Crippen LogP contribution in [0.25, 0.3) is 0 Å². The molecule has 1 saturated carbocycles. The Morgan fingerprint density at radius 1 is 1.40 bits per heavy atom. The van der Waals surface area contributed by atoms with Crippen LogP contribution in [-0.4, -0.2) is 22.2 Å². The number of aliphatic hydroxyl groups is 1. The van der Waals surface area contributed by atoms with Crippen molar-refractivity contribution >= 4 is 5.69 Å². The van der Waals surface area contributed by atoms with E-state index < -0.39 is 16.3 Å². The van der Waals surface area contributed by atoms with Gasteiger partial charge in [-0.15, -0.1) is 0 Å². The molecule has 0 aromatic heterocycles. The van der Waals surface area contributed by atoms with Crippen LogP contribution in [0, 0.1) is 22.9 Å². The largest absolute Gasteiger partial charge is 0.487 e. The van der Waals surface area contributed by atoms with Crippen LogP contribution in [0.2, 0.25) is 0 Å². The van der Waals surface area contributed by atoms with Crippen molar-refractivity contribution < 1.29 is 19.2 Å². The number of benzene rings is 1. The van der Waals surface area contributed by atoms with Crippen LogP contribution in [-0.2, 0) is 0 Å². The van der Waals surface area contributed by atoms with Crippen molar-refractivity contribution in [3.8, 4) is 5.75 Å². The van der Waals surface area contributed by atoms with Crippen LogP contribution < -0.4 is 4.74 Å². The van der Waals surface area contributed by atoms with Gasteiger partial charge in [0.15, 0.2) is 11.6 Å². The van der Waals surface area contributed by atoms with Crippen molar-refractivity contribution in [2.75, 3.05) is 6.61 Å². The molecule has 6 heteroatoms. The number of hydrogen-bond donors (Lipinski definition) is 1. The summed E-state index contributed by atoms with van der Waals surface area (Å²) in [4.78, 5) is 10.1. The molecule has 0 spiro atoms. The third-order valence-corrected chi connectivity index (χ3v) is 3.73. The molecule has 0 atom stereocenters. The first-order chi connectivity index (χ1) is 9.41. The van der Waals surface area contributed by atoms with Gasteiger partial charge in [-0.1, -0.05) is 19.3 Å². The van der Waals surface area contributed by atoms with Gasteiger partial charge >= 0.3 is 0 Å². The van der Waals surface area contributed by atoms with E-state index in [2.05, 4.69) is 0 Å². The summed E-state index contributed by atoms with van der Waals surface area (Å²) in [7, 11) is 0. The molecule has 0 bridgehead atoms. The minimum absolute atomic E-state index is 0.0151. The summed E-state index contributed by atoms with van der Waals surface area (Å²) in [5, 5.41) is 21.0. The molecule has 1 aromatic carbocycles. The van der Waals surface area contributed by atoms with E-state index in [4.69, 9.17) is 4.74 Å². The first kappa shape index (κ1) is 14.7. The average molecular weight is 283 g/mol. The van der Waals surface area contributed by atoms with E-state index in [1.54, 1.807) is 0 Å². The molecule has 0 radical (unpaired) electrons. The molecule has 0 aliphatic heterocycles. The molecule has 20 heavy (non-hydrogen) atoms. The van der Waals surface area contributed by atoms with Crippen molar-refractivity contribution in [3.05, 3.63) is 33.6 Å². The second-order valence-electron chi connectivity index (χ2n) is 5.40. The number of halogens is 1. The van der Waals surface area contributed by atoms with Crippen LogP contribution in [0.4, 0.5) is 10.1 Å². The van der Waals surface area contributed by atoms with Crippen LogP contribution in [0.5, 0.6) is 5.75 Å². The Bertz CT molecular complexity index is 512. The summed E-state index contributed by atoms with van der Waals surface area (Å²) < 4.78 is 19.1. The van der Waals surface area contributed by atoms with E-state index in [1.165, 1.54) is 13.0 Å². The average Bonchev–Trinajstić information content (AvgIpc) is 2.40. The van der Waals surface area contributed by atoms with Gasteiger partial charge < -0.3 is 9.84 Å². The molecule has 0 unspecified atom stereocenters. The normalized spacial score (nSPS) is 17.8. The molecule has 5 nitrogen and oxygen atoms in total. The Kier molecular flexibility index (Phi) is 4.23. The minimum atomic E-state index is -0.916. The van der Waals surface area contributed by atoms with E-state index in [0.29, 0.717) is 18.4 Å². The number of rotatable bonds is 4. The second kappa shape index (κ2) is 5.75. The maximum atomic E-state index is 13.8. The van der Waals surface area contributed by atoms with Gasteiger partial charge in [0.2, 0.25) is 0 Å². The van der Waals surface area contributed by atoms with Crippen molar-refractivity contribution in [2.24, 2.45) is 0 Å². The second-order valence-corrected chi connectivity index (χ2v) is 5.40. The van der Waals surface area contributed by atoms with Gasteiger partial charge in [-0.2, -0.15) is 0 Å². The fourth-order valence-corrected chi connectivity index (χ4v) is 2.52. The van der Waals surface area contributed by atoms with Gasteiger partial charge in [0.25, 0.3) is 5.69 Å². The van der Waals surface area contributed by atoms with Gasteiger partial charge in [0.05, 0.1) is 16.6 Å². The van der Waals surface area contributed by atoms with Crippen LogP contribution >= 0.6 is 0 Å². The highest BCUT2D eigenvalue weighted by Crippen LogP contribution is 2.31. The Morgan fingerprint density at radius 3 is 2.65 bits per heavy atom. The number of nitro groups is 1. The lowest BCUT2D eigenvalue weighted by Crippen LogP contribution is -2.38. The van der Waals surface area contributed by atoms with Crippen molar-refractivity contribution in [1.29, 1.82) is 0 Å². The number of aryl methyl sites for hydroxylation is 1. The topological polar surface area (TPSA) is 72.6 Å². The predicted octanol–water partition coefficient (Wildman–Crippen LogP) is 3.12. The molecule has 2 rings (SSSR count). The van der Waals surface area contributed by atoms with E-state index in [1.807, 2.05) is 0 Å². The number of nitrogens with zero attached hydrogens (tertiary/aromatic N) is 1. The lowest BCUT2D eigenvalue weighted by molar-refractivity contribution is -0.385. The summed E-state index contributed by atoms with van der Waals surface area (Å²) >= 11 is 0. The highest BCUT2D eigenvalue weighted by Gasteiger charge is 2.30. The number of nitro benzene ring substituents is 1. The molecule has 110 valence electrons. The zero-order valence-electron chi connectivity index (χ0n) is 11.4. The van der Waals surface area contributed by atoms with Crippen molar-refractivity contribution in [2.45, 2.75) is 44.6 Å². The number of hydrogen-bond acceptors (Lipinski definition) is 4. The smallest absolute Gasteiger partial charge is 0.275 e.